The van der Waals surface area contributed by atoms with Crippen LogP contribution in [0.3, 0.4) is 0 Å². The second-order valence-corrected chi connectivity index (χ2v) is 5.38. The molecule has 1 heterocycles. The van der Waals surface area contributed by atoms with Crippen LogP contribution in [0, 0.1) is 11.7 Å². The molecule has 0 N–H and O–H groups in total. The van der Waals surface area contributed by atoms with Crippen molar-refractivity contribution >= 4 is 5.71 Å². The Morgan fingerprint density at radius 3 is 2.50 bits per heavy atom. The first-order valence-corrected chi connectivity index (χ1v) is 7.14. The number of rotatable bonds is 3. The average molecular weight is 267 g/mol. The molecule has 0 aromatic heterocycles. The van der Waals surface area contributed by atoms with Gasteiger partial charge in [-0.3, -0.25) is 4.99 Å². The minimum absolute atomic E-state index is 0.163. The quantitative estimate of drug-likeness (QED) is 0.787. The number of benzene rings is 2. The summed E-state index contributed by atoms with van der Waals surface area (Å²) in [5.74, 6) is 0.442. The second-order valence-electron chi connectivity index (χ2n) is 5.38. The van der Waals surface area contributed by atoms with Crippen LogP contribution in [0.15, 0.2) is 59.6 Å². The minimum atomic E-state index is -0.163. The van der Waals surface area contributed by atoms with E-state index < -0.39 is 0 Å². The van der Waals surface area contributed by atoms with E-state index in [9.17, 15) is 4.39 Å². The summed E-state index contributed by atoms with van der Waals surface area (Å²) < 4.78 is 12.9. The van der Waals surface area contributed by atoms with Crippen LogP contribution in [-0.2, 0) is 6.42 Å². The fourth-order valence-corrected chi connectivity index (χ4v) is 2.79. The van der Waals surface area contributed by atoms with Crippen LogP contribution < -0.4 is 0 Å². The van der Waals surface area contributed by atoms with Crippen molar-refractivity contribution in [2.75, 3.05) is 6.54 Å². The zero-order valence-electron chi connectivity index (χ0n) is 11.4. The first kappa shape index (κ1) is 13.0. The maximum atomic E-state index is 12.9. The molecule has 2 aromatic rings. The normalized spacial score (nSPS) is 18.6. The molecule has 0 bridgehead atoms. The van der Waals surface area contributed by atoms with Gasteiger partial charge in [0.25, 0.3) is 0 Å². The molecular formula is C18H18FN. The zero-order valence-corrected chi connectivity index (χ0v) is 11.4. The van der Waals surface area contributed by atoms with Crippen molar-refractivity contribution in [2.45, 2.75) is 19.3 Å². The smallest absolute Gasteiger partial charge is 0.123 e. The van der Waals surface area contributed by atoms with Crippen LogP contribution >= 0.6 is 0 Å². The van der Waals surface area contributed by atoms with E-state index in [1.807, 2.05) is 18.2 Å². The standard InChI is InChI=1S/C18H18FN/c19-17-8-6-14(7-9-17)12-15-10-11-20-18(13-15)16-4-2-1-3-5-16/h1-9,15H,10-13H2. The summed E-state index contributed by atoms with van der Waals surface area (Å²) in [6, 6.07) is 17.3. The Balaban J connectivity index is 1.68. The second kappa shape index (κ2) is 6.00. The molecule has 1 aliphatic rings. The average Bonchev–Trinajstić information content (AvgIpc) is 2.51. The van der Waals surface area contributed by atoms with Crippen molar-refractivity contribution in [1.29, 1.82) is 0 Å². The van der Waals surface area contributed by atoms with Gasteiger partial charge in [0.15, 0.2) is 0 Å². The van der Waals surface area contributed by atoms with Gasteiger partial charge < -0.3 is 0 Å². The molecule has 2 aromatic carbocycles. The molecule has 0 spiro atoms. The van der Waals surface area contributed by atoms with Crippen molar-refractivity contribution in [1.82, 2.24) is 0 Å². The van der Waals surface area contributed by atoms with Gasteiger partial charge in [-0.15, -0.1) is 0 Å². The lowest BCUT2D eigenvalue weighted by molar-refractivity contribution is 0.491. The Bertz CT molecular complexity index is 587. The van der Waals surface area contributed by atoms with Crippen molar-refractivity contribution in [3.05, 3.63) is 71.5 Å². The highest BCUT2D eigenvalue weighted by molar-refractivity contribution is 6.01. The van der Waals surface area contributed by atoms with E-state index >= 15 is 0 Å². The summed E-state index contributed by atoms with van der Waals surface area (Å²) in [6.07, 6.45) is 3.14. The molecule has 102 valence electrons. The van der Waals surface area contributed by atoms with E-state index in [0.717, 1.165) is 25.8 Å². The molecule has 1 nitrogen and oxygen atoms in total. The van der Waals surface area contributed by atoms with Gasteiger partial charge >= 0.3 is 0 Å². The molecule has 0 aliphatic carbocycles. The van der Waals surface area contributed by atoms with Crippen LogP contribution in [0.2, 0.25) is 0 Å². The highest BCUT2D eigenvalue weighted by atomic mass is 19.1. The highest BCUT2D eigenvalue weighted by Gasteiger charge is 2.18. The summed E-state index contributed by atoms with van der Waals surface area (Å²) in [7, 11) is 0. The third-order valence-electron chi connectivity index (χ3n) is 3.87. The largest absolute Gasteiger partial charge is 0.289 e. The van der Waals surface area contributed by atoms with E-state index in [1.54, 1.807) is 12.1 Å². The lowest BCUT2D eigenvalue weighted by atomic mass is 9.87. The molecule has 0 amide bonds. The Labute approximate surface area is 119 Å². The lowest BCUT2D eigenvalue weighted by Crippen LogP contribution is -2.18. The lowest BCUT2D eigenvalue weighted by Gasteiger charge is -2.22. The molecule has 20 heavy (non-hydrogen) atoms. The maximum absolute atomic E-state index is 12.9. The summed E-state index contributed by atoms with van der Waals surface area (Å²) in [6.45, 7) is 0.899. The molecule has 3 rings (SSSR count). The van der Waals surface area contributed by atoms with Gasteiger partial charge in [0.2, 0.25) is 0 Å². The van der Waals surface area contributed by atoms with Crippen molar-refractivity contribution in [3.63, 3.8) is 0 Å². The van der Waals surface area contributed by atoms with E-state index in [1.165, 1.54) is 16.8 Å². The maximum Gasteiger partial charge on any atom is 0.123 e. The van der Waals surface area contributed by atoms with E-state index in [-0.39, 0.29) is 5.82 Å². The number of hydrogen-bond acceptors (Lipinski definition) is 1. The molecule has 1 aliphatic heterocycles. The van der Waals surface area contributed by atoms with Gasteiger partial charge in [-0.2, -0.15) is 0 Å². The number of nitrogens with zero attached hydrogens (tertiary/aromatic N) is 1. The van der Waals surface area contributed by atoms with Crippen LogP contribution in [0.25, 0.3) is 0 Å². The van der Waals surface area contributed by atoms with E-state index in [2.05, 4.69) is 29.3 Å². The van der Waals surface area contributed by atoms with Crippen LogP contribution in [0.1, 0.15) is 24.0 Å². The van der Waals surface area contributed by atoms with Gasteiger partial charge in [-0.25, -0.2) is 4.39 Å². The molecule has 0 saturated heterocycles. The molecule has 2 heteroatoms. The van der Waals surface area contributed by atoms with E-state index in [4.69, 9.17) is 0 Å². The summed E-state index contributed by atoms with van der Waals surface area (Å²) in [4.78, 5) is 4.66. The first-order valence-electron chi connectivity index (χ1n) is 7.14. The van der Waals surface area contributed by atoms with Gasteiger partial charge in [-0.05, 0) is 48.4 Å². The van der Waals surface area contributed by atoms with Crippen molar-refractivity contribution in [2.24, 2.45) is 10.9 Å². The van der Waals surface area contributed by atoms with Crippen LogP contribution in [-0.4, -0.2) is 12.3 Å². The molecule has 1 unspecified atom stereocenters. The molecule has 1 atom stereocenters. The Morgan fingerprint density at radius 2 is 1.75 bits per heavy atom. The summed E-state index contributed by atoms with van der Waals surface area (Å²) in [5.41, 5.74) is 3.66. The van der Waals surface area contributed by atoms with Crippen LogP contribution in [0.4, 0.5) is 4.39 Å². The minimum Gasteiger partial charge on any atom is -0.289 e. The number of aliphatic imine (C=N–C) groups is 1. The summed E-state index contributed by atoms with van der Waals surface area (Å²) in [5, 5.41) is 0. The predicted octanol–water partition coefficient (Wildman–Crippen LogP) is 4.27. The predicted molar refractivity (Wildman–Crippen MR) is 80.7 cm³/mol. The Morgan fingerprint density at radius 1 is 1.00 bits per heavy atom. The van der Waals surface area contributed by atoms with E-state index in [0.29, 0.717) is 5.92 Å². The van der Waals surface area contributed by atoms with Gasteiger partial charge in [0.1, 0.15) is 5.82 Å². The molecule has 0 radical (unpaired) electrons. The summed E-state index contributed by atoms with van der Waals surface area (Å²) >= 11 is 0. The third-order valence-corrected chi connectivity index (χ3v) is 3.87. The van der Waals surface area contributed by atoms with Gasteiger partial charge in [0, 0.05) is 12.3 Å². The zero-order chi connectivity index (χ0) is 13.8. The van der Waals surface area contributed by atoms with Gasteiger partial charge in [-0.1, -0.05) is 42.5 Å². The number of hydrogen-bond donors (Lipinski definition) is 0. The fraction of sp³-hybridized carbons (Fsp3) is 0.278. The van der Waals surface area contributed by atoms with Gasteiger partial charge in [0.05, 0.1) is 0 Å². The Kier molecular flexibility index (Phi) is 3.91. The highest BCUT2D eigenvalue weighted by Crippen LogP contribution is 2.23. The first-order chi connectivity index (χ1) is 9.81. The SMILES string of the molecule is Fc1ccc(CC2CCN=C(c3ccccc3)C2)cc1. The molecule has 0 saturated carbocycles. The monoisotopic (exact) mass is 267 g/mol. The van der Waals surface area contributed by atoms with Crippen LogP contribution in [0.5, 0.6) is 0 Å². The van der Waals surface area contributed by atoms with Crippen molar-refractivity contribution < 1.29 is 4.39 Å². The fourth-order valence-electron chi connectivity index (χ4n) is 2.79. The number of halogens is 1. The Hall–Kier alpha value is -1.96. The molecular weight excluding hydrogens is 249 g/mol. The topological polar surface area (TPSA) is 12.4 Å². The third kappa shape index (κ3) is 3.13. The molecule has 0 fully saturated rings. The van der Waals surface area contributed by atoms with Crippen molar-refractivity contribution in [3.8, 4) is 0 Å².